The molecule has 0 fully saturated rings. The number of phenols is 1. The first kappa shape index (κ1) is 24.7. The van der Waals surface area contributed by atoms with E-state index >= 15 is 0 Å². The maximum Gasteiger partial charge on any atom is 0.419 e. The van der Waals surface area contributed by atoms with Crippen molar-refractivity contribution < 1.29 is 23.1 Å². The number of carbonyl (C=O) groups excluding carboxylic acids is 1. The van der Waals surface area contributed by atoms with Crippen LogP contribution in [-0.2, 0) is 0 Å². The van der Waals surface area contributed by atoms with Gasteiger partial charge in [-0.3, -0.25) is 20.1 Å². The molecular weight excluding hydrogens is 427 g/mol. The third-order valence-corrected chi connectivity index (χ3v) is 4.41. The van der Waals surface area contributed by atoms with Gasteiger partial charge < -0.3 is 10.0 Å². The number of aromatic nitrogens is 3. The van der Waals surface area contributed by atoms with Gasteiger partial charge in [0.05, 0.1) is 30.2 Å². The molecular formula is C20H24F3N7O2. The summed E-state index contributed by atoms with van der Waals surface area (Å²) in [5.41, 5.74) is -0.395. The zero-order valence-electron chi connectivity index (χ0n) is 17.6. The molecule has 0 bridgehead atoms. The largest absolute Gasteiger partial charge is 0.508 e. The number of carbonyl (C=O) groups is 1. The van der Waals surface area contributed by atoms with Crippen LogP contribution in [0.25, 0.3) is 5.69 Å². The first-order valence-electron chi connectivity index (χ1n) is 9.63. The van der Waals surface area contributed by atoms with Crippen LogP contribution in [0, 0.1) is 0 Å². The molecule has 0 aliphatic heterocycles. The summed E-state index contributed by atoms with van der Waals surface area (Å²) in [5, 5.41) is 20.7. The van der Waals surface area contributed by atoms with Crippen molar-refractivity contribution in [2.75, 3.05) is 19.8 Å². The molecule has 0 saturated heterocycles. The normalized spacial score (nSPS) is 13.3. The number of rotatable bonds is 10. The molecule has 2 aromatic rings. The quantitative estimate of drug-likeness (QED) is 0.427. The number of phenolic OH excluding ortho intramolecular Hbond substituents is 1. The predicted octanol–water partition coefficient (Wildman–Crippen LogP) is 2.59. The number of amides is 1. The number of hydrogen-bond acceptors (Lipinski definition) is 7. The number of allylic oxidation sites excluding steroid dienone is 1. The van der Waals surface area contributed by atoms with Crippen molar-refractivity contribution in [3.8, 4) is 11.4 Å². The van der Waals surface area contributed by atoms with Crippen LogP contribution in [0.2, 0.25) is 0 Å². The molecule has 0 aliphatic rings. The number of alkyl halides is 3. The molecule has 1 heterocycles. The van der Waals surface area contributed by atoms with E-state index in [-0.39, 0.29) is 30.9 Å². The van der Waals surface area contributed by atoms with E-state index in [9.17, 15) is 23.1 Å². The Kier molecular flexibility index (Phi) is 8.64. The Bertz CT molecular complexity index is 972. The van der Waals surface area contributed by atoms with Crippen molar-refractivity contribution in [3.05, 3.63) is 47.9 Å². The van der Waals surface area contributed by atoms with Crippen molar-refractivity contribution in [3.63, 3.8) is 0 Å². The fourth-order valence-electron chi connectivity index (χ4n) is 2.89. The number of likely N-dealkylation sites (N-methyl/N-ethyl adjacent to an activating group) is 1. The number of aromatic hydroxyl groups is 1. The van der Waals surface area contributed by atoms with Gasteiger partial charge in [-0.2, -0.15) is 28.2 Å². The molecule has 172 valence electrons. The van der Waals surface area contributed by atoms with Gasteiger partial charge in [0.25, 0.3) is 5.91 Å². The summed E-state index contributed by atoms with van der Waals surface area (Å²) in [6.07, 6.45) is -0.405. The first-order valence-corrected chi connectivity index (χ1v) is 9.63. The zero-order chi connectivity index (χ0) is 23.7. The lowest BCUT2D eigenvalue weighted by Crippen LogP contribution is -2.44. The highest BCUT2D eigenvalue weighted by molar-refractivity contribution is 5.98. The third-order valence-electron chi connectivity index (χ3n) is 4.41. The van der Waals surface area contributed by atoms with E-state index < -0.39 is 11.7 Å². The summed E-state index contributed by atoms with van der Waals surface area (Å²) in [5.74, 6) is -0.347. The molecule has 1 unspecified atom stereocenters. The Morgan fingerprint density at radius 1 is 1.38 bits per heavy atom. The Hall–Kier alpha value is -3.54. The summed E-state index contributed by atoms with van der Waals surface area (Å²) >= 11 is 0. The SMILES string of the molecule is C=N/C=C(\C=NCNCC(C)N(CC)C(=O)c1ccc(O)cc1-n1nccn1)C(F)(F)F. The predicted molar refractivity (Wildman–Crippen MR) is 114 cm³/mol. The van der Waals surface area contributed by atoms with Crippen LogP contribution >= 0.6 is 0 Å². The molecule has 2 N–H and O–H groups in total. The second-order valence-corrected chi connectivity index (χ2v) is 6.65. The highest BCUT2D eigenvalue weighted by Gasteiger charge is 2.32. The standard InChI is InChI=1S/C20H24F3N7O2/c1-4-29(14(2)10-25-13-26-12-15(11-24-3)20(21,22)23)19(32)17-6-5-16(31)9-18(17)30-27-7-8-28-30/h5-9,11-12,14,25,31H,3-4,10,13H2,1-2H3/b15-11+,26-12?. The van der Waals surface area contributed by atoms with Crippen LogP contribution in [0.1, 0.15) is 24.2 Å². The van der Waals surface area contributed by atoms with Gasteiger partial charge in [0, 0.05) is 37.6 Å². The molecule has 1 atom stereocenters. The Morgan fingerprint density at radius 3 is 2.66 bits per heavy atom. The Balaban J connectivity index is 2.05. The van der Waals surface area contributed by atoms with Gasteiger partial charge in [0.15, 0.2) is 0 Å². The van der Waals surface area contributed by atoms with Gasteiger partial charge in [-0.1, -0.05) is 0 Å². The van der Waals surface area contributed by atoms with Crippen LogP contribution in [0.4, 0.5) is 13.2 Å². The second kappa shape index (κ2) is 11.2. The lowest BCUT2D eigenvalue weighted by molar-refractivity contribution is -0.0857. The van der Waals surface area contributed by atoms with Crippen molar-refractivity contribution in [1.82, 2.24) is 25.2 Å². The molecule has 2 rings (SSSR count). The van der Waals surface area contributed by atoms with Crippen molar-refractivity contribution in [2.45, 2.75) is 26.1 Å². The van der Waals surface area contributed by atoms with Crippen molar-refractivity contribution in [2.24, 2.45) is 9.98 Å². The maximum absolute atomic E-state index is 13.2. The minimum Gasteiger partial charge on any atom is -0.508 e. The Morgan fingerprint density at radius 2 is 2.06 bits per heavy atom. The average Bonchev–Trinajstić information content (AvgIpc) is 3.27. The molecule has 0 spiro atoms. The molecule has 1 amide bonds. The number of nitrogens with zero attached hydrogens (tertiary/aromatic N) is 6. The van der Waals surface area contributed by atoms with E-state index in [1.165, 1.54) is 35.4 Å². The monoisotopic (exact) mass is 451 g/mol. The fraction of sp³-hybridized carbons (Fsp3) is 0.350. The molecule has 12 heteroatoms. The molecule has 1 aromatic carbocycles. The van der Waals surface area contributed by atoms with E-state index in [0.717, 1.165) is 0 Å². The highest BCUT2D eigenvalue weighted by atomic mass is 19.4. The molecule has 1 aromatic heterocycles. The van der Waals surface area contributed by atoms with Gasteiger partial charge in [0.2, 0.25) is 0 Å². The first-order chi connectivity index (χ1) is 15.2. The molecule has 0 radical (unpaired) electrons. The smallest absolute Gasteiger partial charge is 0.419 e. The van der Waals surface area contributed by atoms with Crippen molar-refractivity contribution in [1.29, 1.82) is 0 Å². The van der Waals surface area contributed by atoms with Crippen LogP contribution < -0.4 is 5.32 Å². The number of hydrogen-bond donors (Lipinski definition) is 2. The summed E-state index contributed by atoms with van der Waals surface area (Å²) in [7, 11) is 0. The summed E-state index contributed by atoms with van der Waals surface area (Å²) < 4.78 is 38.3. The van der Waals surface area contributed by atoms with E-state index in [4.69, 9.17) is 0 Å². The van der Waals surface area contributed by atoms with Crippen LogP contribution in [-0.4, -0.2) is 75.8 Å². The number of nitrogens with one attached hydrogen (secondary N) is 1. The summed E-state index contributed by atoms with van der Waals surface area (Å²) in [6.45, 7) is 7.20. The lowest BCUT2D eigenvalue weighted by Gasteiger charge is -2.29. The summed E-state index contributed by atoms with van der Waals surface area (Å²) in [6, 6.07) is 3.97. The molecule has 0 aliphatic carbocycles. The number of benzene rings is 1. The number of halogens is 3. The molecule has 32 heavy (non-hydrogen) atoms. The van der Waals surface area contributed by atoms with E-state index in [0.29, 0.717) is 30.2 Å². The average molecular weight is 451 g/mol. The highest BCUT2D eigenvalue weighted by Crippen LogP contribution is 2.24. The molecule has 9 nitrogen and oxygen atoms in total. The van der Waals surface area contributed by atoms with Gasteiger partial charge in [-0.15, -0.1) is 0 Å². The van der Waals surface area contributed by atoms with Crippen molar-refractivity contribution >= 4 is 18.8 Å². The minimum absolute atomic E-state index is 0.0385. The fourth-order valence-corrected chi connectivity index (χ4v) is 2.89. The Labute approximate surface area is 183 Å². The van der Waals surface area contributed by atoms with Crippen LogP contribution in [0.5, 0.6) is 5.75 Å². The van der Waals surface area contributed by atoms with Crippen LogP contribution in [0.15, 0.2) is 52.4 Å². The second-order valence-electron chi connectivity index (χ2n) is 6.65. The third kappa shape index (κ3) is 6.48. The van der Waals surface area contributed by atoms with Crippen LogP contribution in [0.3, 0.4) is 0 Å². The topological polar surface area (TPSA) is 108 Å². The molecule has 0 saturated carbocycles. The van der Waals surface area contributed by atoms with Gasteiger partial charge in [-0.05, 0) is 32.7 Å². The minimum atomic E-state index is -4.57. The van der Waals surface area contributed by atoms with E-state index in [1.807, 2.05) is 6.92 Å². The maximum atomic E-state index is 13.2. The number of aliphatic imine (C=N–C) groups is 2. The lowest BCUT2D eigenvalue weighted by atomic mass is 10.1. The zero-order valence-corrected chi connectivity index (χ0v) is 17.6. The summed E-state index contributed by atoms with van der Waals surface area (Å²) in [4.78, 5) is 22.8. The van der Waals surface area contributed by atoms with Gasteiger partial charge >= 0.3 is 6.18 Å². The van der Waals surface area contributed by atoms with E-state index in [2.05, 4.69) is 32.2 Å². The van der Waals surface area contributed by atoms with Gasteiger partial charge in [0.1, 0.15) is 11.4 Å². The van der Waals surface area contributed by atoms with Gasteiger partial charge in [-0.25, -0.2) is 0 Å². The van der Waals surface area contributed by atoms with E-state index in [1.54, 1.807) is 11.8 Å².